The van der Waals surface area contributed by atoms with Crippen molar-refractivity contribution in [2.45, 2.75) is 457 Å². The quantitative estimate of drug-likeness (QED) is 0.0222. The summed E-state index contributed by atoms with van der Waals surface area (Å²) in [6.45, 7) is 7.23. The third-order valence-electron chi connectivity index (χ3n) is 19.3. The van der Waals surface area contributed by atoms with E-state index in [4.69, 9.17) is 37.0 Å². The van der Waals surface area contributed by atoms with Crippen molar-refractivity contribution in [2.24, 2.45) is 5.92 Å². The van der Waals surface area contributed by atoms with Crippen molar-refractivity contribution in [1.82, 2.24) is 0 Å². The van der Waals surface area contributed by atoms with Gasteiger partial charge in [0, 0.05) is 25.7 Å². The van der Waals surface area contributed by atoms with Crippen LogP contribution in [-0.2, 0) is 65.4 Å². The van der Waals surface area contributed by atoms with Crippen molar-refractivity contribution in [2.75, 3.05) is 39.6 Å². The van der Waals surface area contributed by atoms with E-state index in [1.165, 1.54) is 257 Å². The zero-order valence-electron chi connectivity index (χ0n) is 66.1. The van der Waals surface area contributed by atoms with Crippen LogP contribution in [0.2, 0.25) is 0 Å². The number of hydrogen-bond acceptors (Lipinski definition) is 15. The summed E-state index contributed by atoms with van der Waals surface area (Å²) in [6.07, 6.45) is 67.3. The lowest BCUT2D eigenvalue weighted by molar-refractivity contribution is -0.161. The van der Waals surface area contributed by atoms with Gasteiger partial charge in [-0.25, -0.2) is 9.13 Å². The van der Waals surface area contributed by atoms with Gasteiger partial charge in [-0.3, -0.25) is 37.3 Å². The summed E-state index contributed by atoms with van der Waals surface area (Å²) in [5, 5.41) is 10.6. The second-order valence-electron chi connectivity index (χ2n) is 30.0. The summed E-state index contributed by atoms with van der Waals surface area (Å²) in [5.41, 5.74) is 0. The Balaban J connectivity index is 5.10. The number of aliphatic hydroxyl groups excluding tert-OH is 1. The second kappa shape index (κ2) is 74.9. The smallest absolute Gasteiger partial charge is 0.462 e. The average molecular weight is 1480 g/mol. The van der Waals surface area contributed by atoms with Crippen molar-refractivity contribution < 1.29 is 80.2 Å². The molecule has 5 atom stereocenters. The van der Waals surface area contributed by atoms with Crippen molar-refractivity contribution in [3.05, 3.63) is 0 Å². The molecule has 0 aliphatic heterocycles. The van der Waals surface area contributed by atoms with Crippen LogP contribution in [0.15, 0.2) is 0 Å². The average Bonchev–Trinajstić information content (AvgIpc) is 0.978. The lowest BCUT2D eigenvalue weighted by atomic mass is 10.0. The van der Waals surface area contributed by atoms with Gasteiger partial charge in [0.05, 0.1) is 26.4 Å². The first kappa shape index (κ1) is 99.1. The molecule has 101 heavy (non-hydrogen) atoms. The van der Waals surface area contributed by atoms with Crippen molar-refractivity contribution >= 4 is 39.5 Å². The van der Waals surface area contributed by atoms with Crippen LogP contribution < -0.4 is 0 Å². The number of ether oxygens (including phenoxy) is 4. The molecule has 0 saturated heterocycles. The van der Waals surface area contributed by atoms with E-state index in [0.29, 0.717) is 25.7 Å². The Hall–Kier alpha value is -1.94. The van der Waals surface area contributed by atoms with E-state index < -0.39 is 97.5 Å². The van der Waals surface area contributed by atoms with Gasteiger partial charge in [-0.2, -0.15) is 0 Å². The summed E-state index contributed by atoms with van der Waals surface area (Å²) >= 11 is 0. The summed E-state index contributed by atoms with van der Waals surface area (Å²) in [7, 11) is -9.91. The van der Waals surface area contributed by atoms with Crippen LogP contribution in [0.25, 0.3) is 0 Å². The van der Waals surface area contributed by atoms with Gasteiger partial charge in [-0.15, -0.1) is 0 Å². The molecule has 0 spiro atoms. The van der Waals surface area contributed by atoms with E-state index >= 15 is 0 Å². The number of unbranched alkanes of at least 4 members (excludes halogenated alkanes) is 54. The summed E-state index contributed by atoms with van der Waals surface area (Å²) < 4.78 is 68.5. The van der Waals surface area contributed by atoms with Crippen molar-refractivity contribution in [1.29, 1.82) is 0 Å². The number of hydrogen-bond donors (Lipinski definition) is 3. The van der Waals surface area contributed by atoms with Gasteiger partial charge in [-0.1, -0.05) is 388 Å². The molecule has 19 heteroatoms. The van der Waals surface area contributed by atoms with Crippen molar-refractivity contribution in [3.63, 3.8) is 0 Å². The molecule has 0 rings (SSSR count). The highest BCUT2D eigenvalue weighted by Crippen LogP contribution is 2.45. The maximum Gasteiger partial charge on any atom is 0.472 e. The Labute approximate surface area is 619 Å². The van der Waals surface area contributed by atoms with Crippen LogP contribution in [0.5, 0.6) is 0 Å². The molecule has 600 valence electrons. The molecular formula is C82H160O17P2. The van der Waals surface area contributed by atoms with E-state index in [1.54, 1.807) is 0 Å². The maximum atomic E-state index is 13.1. The largest absolute Gasteiger partial charge is 0.472 e. The Kier molecular flexibility index (Phi) is 73.5. The zero-order chi connectivity index (χ0) is 74.1. The fourth-order valence-corrected chi connectivity index (χ4v) is 14.3. The number of aliphatic hydroxyl groups is 1. The lowest BCUT2D eigenvalue weighted by Crippen LogP contribution is -2.30. The summed E-state index contributed by atoms with van der Waals surface area (Å²) in [4.78, 5) is 72.7. The van der Waals surface area contributed by atoms with E-state index in [-0.39, 0.29) is 25.7 Å². The van der Waals surface area contributed by atoms with E-state index in [1.807, 2.05) is 0 Å². The maximum absolute atomic E-state index is 13.1. The van der Waals surface area contributed by atoms with Crippen molar-refractivity contribution in [3.8, 4) is 0 Å². The third kappa shape index (κ3) is 76.1. The highest BCUT2D eigenvalue weighted by molar-refractivity contribution is 7.47. The van der Waals surface area contributed by atoms with Crippen LogP contribution in [-0.4, -0.2) is 96.7 Å². The predicted octanol–water partition coefficient (Wildman–Crippen LogP) is 24.8. The summed E-state index contributed by atoms with van der Waals surface area (Å²) in [5.74, 6) is -1.35. The molecule has 0 saturated carbocycles. The van der Waals surface area contributed by atoms with E-state index in [0.717, 1.165) is 102 Å². The van der Waals surface area contributed by atoms with E-state index in [2.05, 4.69) is 34.6 Å². The first-order chi connectivity index (χ1) is 49.0. The van der Waals surface area contributed by atoms with Gasteiger partial charge in [0.1, 0.15) is 19.3 Å². The summed E-state index contributed by atoms with van der Waals surface area (Å²) in [6, 6.07) is 0. The van der Waals surface area contributed by atoms with Crippen LogP contribution >= 0.6 is 15.6 Å². The number of phosphoric ester groups is 2. The molecule has 0 aromatic carbocycles. The van der Waals surface area contributed by atoms with Gasteiger partial charge >= 0.3 is 39.5 Å². The monoisotopic (exact) mass is 1480 g/mol. The first-order valence-electron chi connectivity index (χ1n) is 42.6. The molecule has 0 heterocycles. The number of phosphoric acid groups is 2. The highest BCUT2D eigenvalue weighted by atomic mass is 31.2. The molecule has 0 aliphatic carbocycles. The Morgan fingerprint density at radius 3 is 0.673 bits per heavy atom. The molecule has 0 aliphatic rings. The normalized spacial score (nSPS) is 13.8. The van der Waals surface area contributed by atoms with Crippen LogP contribution in [0.3, 0.4) is 0 Å². The molecule has 0 radical (unpaired) electrons. The Morgan fingerprint density at radius 2 is 0.455 bits per heavy atom. The first-order valence-corrected chi connectivity index (χ1v) is 45.6. The molecule has 2 unspecified atom stereocenters. The number of carbonyl (C=O) groups excluding carboxylic acids is 4. The fraction of sp³-hybridized carbons (Fsp3) is 0.951. The number of esters is 4. The van der Waals surface area contributed by atoms with Gasteiger partial charge < -0.3 is 33.8 Å². The number of carbonyl (C=O) groups is 4. The van der Waals surface area contributed by atoms with Crippen LogP contribution in [0.1, 0.15) is 439 Å². The molecule has 3 N–H and O–H groups in total. The SMILES string of the molecule is CCCCCCCCCCCCCCCCCCCCCCCCC(=O)O[C@H](COC(=O)CCCCCCCCCCCCCCCCCCCCCC)COP(=O)(O)OC[C@@H](O)COP(=O)(O)OC[C@@H](COC(=O)CCCCCCC)OC(=O)CCCCCCCCCCCCCC(C)C. The molecule has 0 aromatic rings. The standard InChI is InChI=1S/C82H160O17P2/c1-6-9-12-15-17-19-21-23-25-27-29-31-32-34-36-38-40-44-48-52-57-62-67-82(87)99-78(72-93-80(85)66-61-56-51-47-43-39-37-35-33-30-28-26-24-22-20-18-16-13-10-7-2)74-97-101(90,91)95-70-76(83)69-94-100(88,89)96-73-77(71-92-79(84)65-60-54-14-11-8-3)98-81(86)68-63-58-53-49-45-41-42-46-50-55-59-64-75(4)5/h75-78,83H,6-74H2,1-5H3,(H,88,89)(H,90,91)/t76-,77+,78+/m0/s1. The molecule has 0 amide bonds. The predicted molar refractivity (Wildman–Crippen MR) is 414 cm³/mol. The fourth-order valence-electron chi connectivity index (χ4n) is 12.8. The minimum absolute atomic E-state index is 0.106. The van der Waals surface area contributed by atoms with Gasteiger partial charge in [0.2, 0.25) is 0 Å². The Bertz CT molecular complexity index is 1930. The van der Waals surface area contributed by atoms with Crippen LogP contribution in [0.4, 0.5) is 0 Å². The molecule has 0 bridgehead atoms. The minimum atomic E-state index is -4.96. The molecular weight excluding hydrogens is 1320 g/mol. The number of rotatable bonds is 82. The van der Waals surface area contributed by atoms with Crippen LogP contribution in [0, 0.1) is 5.92 Å². The van der Waals surface area contributed by atoms with Gasteiger partial charge in [-0.05, 0) is 31.6 Å². The van der Waals surface area contributed by atoms with Gasteiger partial charge in [0.15, 0.2) is 12.2 Å². The third-order valence-corrected chi connectivity index (χ3v) is 21.2. The highest BCUT2D eigenvalue weighted by Gasteiger charge is 2.30. The Morgan fingerprint density at radius 1 is 0.267 bits per heavy atom. The topological polar surface area (TPSA) is 237 Å². The minimum Gasteiger partial charge on any atom is -0.462 e. The lowest BCUT2D eigenvalue weighted by Gasteiger charge is -2.21. The molecule has 0 aromatic heterocycles. The van der Waals surface area contributed by atoms with E-state index in [9.17, 15) is 43.2 Å². The zero-order valence-corrected chi connectivity index (χ0v) is 67.8. The molecule has 0 fully saturated rings. The second-order valence-corrected chi connectivity index (χ2v) is 32.9. The molecule has 17 nitrogen and oxygen atoms in total. The van der Waals surface area contributed by atoms with Gasteiger partial charge in [0.25, 0.3) is 0 Å².